The molecule has 0 saturated heterocycles. The van der Waals surface area contributed by atoms with E-state index in [1.54, 1.807) is 25.1 Å². The molecule has 2 N–H and O–H groups in total. The molecule has 0 bridgehead atoms. The van der Waals surface area contributed by atoms with E-state index < -0.39 is 10.8 Å². The van der Waals surface area contributed by atoms with Crippen molar-refractivity contribution in [1.29, 1.82) is 0 Å². The smallest absolute Gasteiger partial charge is 0.293 e. The monoisotopic (exact) mass is 305 g/mol. The number of carbonyl (C=O) groups excluding carboxylic acids is 1. The molecule has 0 aliphatic rings. The van der Waals surface area contributed by atoms with Gasteiger partial charge < -0.3 is 9.73 Å². The molecule has 0 radical (unpaired) electrons. The number of nitro groups is 1. The number of nitrogens with one attached hydrogen (secondary N) is 2. The minimum Gasteiger partial charge on any atom is -0.459 e. The normalized spacial score (nSPS) is 9.95. The molecule has 1 aromatic carbocycles. The summed E-state index contributed by atoms with van der Waals surface area (Å²) in [5, 5.41) is 16.0. The zero-order valence-electron chi connectivity index (χ0n) is 11.0. The van der Waals surface area contributed by atoms with Gasteiger partial charge in [0.25, 0.3) is 11.6 Å². The maximum Gasteiger partial charge on any atom is 0.293 e. The Morgan fingerprint density at radius 2 is 2.14 bits per heavy atom. The highest BCUT2D eigenvalue weighted by atomic mass is 32.1. The van der Waals surface area contributed by atoms with Crippen LogP contribution in [0, 0.1) is 17.0 Å². The maximum absolute atomic E-state index is 11.7. The zero-order chi connectivity index (χ0) is 15.4. The third-order valence-electron chi connectivity index (χ3n) is 2.64. The number of nitrogens with zero attached hydrogens (tertiary/aromatic N) is 1. The standard InChI is InChI=1S/C13H11N3O4S/c1-8-4-5-9(7-10(8)16(18)19)14-13(21)15-12(17)11-3-2-6-20-11/h2-7H,1H3,(H2,14,15,17,21). The lowest BCUT2D eigenvalue weighted by atomic mass is 10.2. The maximum atomic E-state index is 11.7. The number of thiocarbonyl (C=S) groups is 1. The predicted molar refractivity (Wildman–Crippen MR) is 80.2 cm³/mol. The Labute approximate surface area is 125 Å². The van der Waals surface area contributed by atoms with Crippen molar-refractivity contribution in [3.63, 3.8) is 0 Å². The van der Waals surface area contributed by atoms with E-state index in [2.05, 4.69) is 10.6 Å². The molecule has 0 spiro atoms. The zero-order valence-corrected chi connectivity index (χ0v) is 11.8. The van der Waals surface area contributed by atoms with Gasteiger partial charge in [-0.1, -0.05) is 6.07 Å². The molecule has 8 heteroatoms. The van der Waals surface area contributed by atoms with Crippen LogP contribution in [0.15, 0.2) is 41.0 Å². The number of furan rings is 1. The fraction of sp³-hybridized carbons (Fsp3) is 0.0769. The number of benzene rings is 1. The van der Waals surface area contributed by atoms with Crippen molar-refractivity contribution in [2.75, 3.05) is 5.32 Å². The van der Waals surface area contributed by atoms with Crippen molar-refractivity contribution in [2.45, 2.75) is 6.92 Å². The van der Waals surface area contributed by atoms with Crippen LogP contribution in [0.3, 0.4) is 0 Å². The first-order valence-corrected chi connectivity index (χ1v) is 6.29. The highest BCUT2D eigenvalue weighted by molar-refractivity contribution is 7.80. The fourth-order valence-corrected chi connectivity index (χ4v) is 1.83. The molecule has 21 heavy (non-hydrogen) atoms. The molecule has 1 heterocycles. The van der Waals surface area contributed by atoms with Crippen LogP contribution in [-0.2, 0) is 0 Å². The number of anilines is 1. The molecule has 2 aromatic rings. The first-order chi connectivity index (χ1) is 9.97. The Morgan fingerprint density at radius 1 is 1.38 bits per heavy atom. The van der Waals surface area contributed by atoms with Crippen LogP contribution in [0.4, 0.5) is 11.4 Å². The molecule has 1 amide bonds. The van der Waals surface area contributed by atoms with Gasteiger partial charge in [-0.2, -0.15) is 0 Å². The van der Waals surface area contributed by atoms with Gasteiger partial charge in [-0.05, 0) is 37.3 Å². The van der Waals surface area contributed by atoms with Crippen molar-refractivity contribution in [1.82, 2.24) is 5.32 Å². The topological polar surface area (TPSA) is 97.4 Å². The van der Waals surface area contributed by atoms with Gasteiger partial charge in [0, 0.05) is 17.3 Å². The summed E-state index contributed by atoms with van der Waals surface area (Å²) in [6, 6.07) is 7.65. The third kappa shape index (κ3) is 3.63. The Balaban J connectivity index is 2.05. The van der Waals surface area contributed by atoms with Gasteiger partial charge in [-0.3, -0.25) is 20.2 Å². The van der Waals surface area contributed by atoms with Crippen LogP contribution in [0.2, 0.25) is 0 Å². The lowest BCUT2D eigenvalue weighted by Gasteiger charge is -2.09. The Morgan fingerprint density at radius 3 is 2.76 bits per heavy atom. The number of carbonyl (C=O) groups is 1. The summed E-state index contributed by atoms with van der Waals surface area (Å²) in [6.45, 7) is 1.64. The van der Waals surface area contributed by atoms with E-state index in [1.165, 1.54) is 18.4 Å². The molecule has 0 aliphatic carbocycles. The van der Waals surface area contributed by atoms with Gasteiger partial charge in [-0.25, -0.2) is 0 Å². The summed E-state index contributed by atoms with van der Waals surface area (Å²) < 4.78 is 4.92. The van der Waals surface area contributed by atoms with Crippen LogP contribution in [0.1, 0.15) is 16.1 Å². The van der Waals surface area contributed by atoms with E-state index in [0.29, 0.717) is 11.3 Å². The van der Waals surface area contributed by atoms with E-state index in [0.717, 1.165) is 0 Å². The highest BCUT2D eigenvalue weighted by Crippen LogP contribution is 2.22. The minimum atomic E-state index is -0.501. The molecule has 0 fully saturated rings. The quantitative estimate of drug-likeness (QED) is 0.514. The molecule has 108 valence electrons. The number of nitro benzene ring substituents is 1. The summed E-state index contributed by atoms with van der Waals surface area (Å²) >= 11 is 4.97. The molecule has 0 unspecified atom stereocenters. The Bertz CT molecular complexity index is 697. The van der Waals surface area contributed by atoms with E-state index >= 15 is 0 Å². The van der Waals surface area contributed by atoms with E-state index in [1.807, 2.05) is 0 Å². The predicted octanol–water partition coefficient (Wildman–Crippen LogP) is 2.62. The van der Waals surface area contributed by atoms with Crippen molar-refractivity contribution in [3.05, 3.63) is 58.0 Å². The first kappa shape index (κ1) is 14.7. The lowest BCUT2D eigenvalue weighted by Crippen LogP contribution is -2.33. The highest BCUT2D eigenvalue weighted by Gasteiger charge is 2.13. The number of hydrogen-bond donors (Lipinski definition) is 2. The largest absolute Gasteiger partial charge is 0.459 e. The third-order valence-corrected chi connectivity index (χ3v) is 2.84. The second-order valence-electron chi connectivity index (χ2n) is 4.14. The van der Waals surface area contributed by atoms with Crippen LogP contribution < -0.4 is 10.6 Å². The van der Waals surface area contributed by atoms with Gasteiger partial charge in [0.2, 0.25) is 0 Å². The molecule has 0 atom stereocenters. The molecule has 0 aliphatic heterocycles. The van der Waals surface area contributed by atoms with Gasteiger partial charge in [0.05, 0.1) is 11.2 Å². The molecule has 0 saturated carbocycles. The molecular weight excluding hydrogens is 294 g/mol. The van der Waals surface area contributed by atoms with Gasteiger partial charge >= 0.3 is 0 Å². The fourth-order valence-electron chi connectivity index (χ4n) is 1.62. The average Bonchev–Trinajstić information content (AvgIpc) is 2.94. The molecule has 1 aromatic heterocycles. The first-order valence-electron chi connectivity index (χ1n) is 5.88. The summed E-state index contributed by atoms with van der Waals surface area (Å²) in [7, 11) is 0. The number of amides is 1. The Hall–Kier alpha value is -2.74. The second kappa shape index (κ2) is 6.14. The van der Waals surface area contributed by atoms with Crippen LogP contribution in [0.25, 0.3) is 0 Å². The molecule has 2 rings (SSSR count). The van der Waals surface area contributed by atoms with E-state index in [9.17, 15) is 14.9 Å². The van der Waals surface area contributed by atoms with Crippen LogP contribution >= 0.6 is 12.2 Å². The lowest BCUT2D eigenvalue weighted by molar-refractivity contribution is -0.385. The summed E-state index contributed by atoms with van der Waals surface area (Å²) in [5.74, 6) is -0.381. The minimum absolute atomic E-state index is 0.0227. The van der Waals surface area contributed by atoms with E-state index in [4.69, 9.17) is 16.6 Å². The average molecular weight is 305 g/mol. The summed E-state index contributed by atoms with van der Waals surface area (Å²) in [5.41, 5.74) is 0.924. The molecule has 7 nitrogen and oxygen atoms in total. The van der Waals surface area contributed by atoms with Gasteiger partial charge in [0.1, 0.15) is 0 Å². The second-order valence-corrected chi connectivity index (χ2v) is 4.55. The van der Waals surface area contributed by atoms with Gasteiger partial charge in [0.15, 0.2) is 10.9 Å². The van der Waals surface area contributed by atoms with Crippen LogP contribution in [-0.4, -0.2) is 15.9 Å². The van der Waals surface area contributed by atoms with Crippen molar-refractivity contribution < 1.29 is 14.1 Å². The number of aryl methyl sites for hydroxylation is 1. The Kier molecular flexibility index (Phi) is 4.29. The number of rotatable bonds is 3. The molecular formula is C13H11N3O4S. The van der Waals surface area contributed by atoms with Crippen LogP contribution in [0.5, 0.6) is 0 Å². The van der Waals surface area contributed by atoms with Crippen molar-refractivity contribution >= 4 is 34.6 Å². The van der Waals surface area contributed by atoms with Crippen molar-refractivity contribution in [2.24, 2.45) is 0 Å². The summed E-state index contributed by atoms with van der Waals surface area (Å²) in [4.78, 5) is 22.1. The SMILES string of the molecule is Cc1ccc(NC(=S)NC(=O)c2ccco2)cc1[N+](=O)[O-]. The van der Waals surface area contributed by atoms with Gasteiger partial charge in [-0.15, -0.1) is 0 Å². The van der Waals surface area contributed by atoms with Crippen molar-refractivity contribution in [3.8, 4) is 0 Å². The summed E-state index contributed by atoms with van der Waals surface area (Å²) in [6.07, 6.45) is 1.37. The van der Waals surface area contributed by atoms with E-state index in [-0.39, 0.29) is 16.6 Å². The number of hydrogen-bond acceptors (Lipinski definition) is 5.